The number of nitrogens with one attached hydrogen (secondary N) is 1. The van der Waals surface area contributed by atoms with Crippen LogP contribution in [0.25, 0.3) is 0 Å². The van der Waals surface area contributed by atoms with E-state index in [9.17, 15) is 8.42 Å². The number of anilines is 2. The third-order valence-electron chi connectivity index (χ3n) is 2.09. The van der Waals surface area contributed by atoms with Crippen LogP contribution in [0.15, 0.2) is 35.2 Å². The van der Waals surface area contributed by atoms with Crippen molar-refractivity contribution >= 4 is 44.8 Å². The standard InChI is InChI=1S/C10H7Cl2N3O3S/c11-8-5-9(15-10(12)14-8)13-6-1-3-7(4-2-6)19(16,17)18/h1-5H,(H,13,14,15)(H,16,17,18). The van der Waals surface area contributed by atoms with Crippen molar-refractivity contribution in [2.24, 2.45) is 0 Å². The fraction of sp³-hybridized carbons (Fsp3) is 0. The molecule has 0 aliphatic rings. The lowest BCUT2D eigenvalue weighted by molar-refractivity contribution is 0.483. The average Bonchev–Trinajstić information content (AvgIpc) is 2.26. The lowest BCUT2D eigenvalue weighted by Gasteiger charge is -2.06. The number of aromatic nitrogens is 2. The van der Waals surface area contributed by atoms with Gasteiger partial charge in [0.2, 0.25) is 5.28 Å². The molecule has 0 amide bonds. The molecule has 0 saturated carbocycles. The molecule has 19 heavy (non-hydrogen) atoms. The van der Waals surface area contributed by atoms with Crippen LogP contribution in [0.3, 0.4) is 0 Å². The van der Waals surface area contributed by atoms with Crippen LogP contribution < -0.4 is 5.32 Å². The second-order valence-corrected chi connectivity index (χ2v) is 5.62. The maximum Gasteiger partial charge on any atom is 0.294 e. The highest BCUT2D eigenvalue weighted by Gasteiger charge is 2.08. The summed E-state index contributed by atoms with van der Waals surface area (Å²) in [6.45, 7) is 0. The van der Waals surface area contributed by atoms with Gasteiger partial charge in [-0.3, -0.25) is 4.55 Å². The second-order valence-electron chi connectivity index (χ2n) is 3.47. The molecule has 1 aromatic carbocycles. The number of hydrogen-bond acceptors (Lipinski definition) is 5. The summed E-state index contributed by atoms with van der Waals surface area (Å²) in [5.41, 5.74) is 0.554. The van der Waals surface area contributed by atoms with Crippen LogP contribution in [0.1, 0.15) is 0 Å². The van der Waals surface area contributed by atoms with Crippen molar-refractivity contribution in [1.29, 1.82) is 0 Å². The highest BCUT2D eigenvalue weighted by atomic mass is 35.5. The molecular formula is C10H7Cl2N3O3S. The van der Waals surface area contributed by atoms with Crippen LogP contribution in [0.5, 0.6) is 0 Å². The first-order chi connectivity index (χ1) is 8.84. The zero-order chi connectivity index (χ0) is 14.0. The fourth-order valence-electron chi connectivity index (χ4n) is 1.31. The van der Waals surface area contributed by atoms with E-state index in [0.29, 0.717) is 11.5 Å². The van der Waals surface area contributed by atoms with Gasteiger partial charge in [0.15, 0.2) is 0 Å². The van der Waals surface area contributed by atoms with E-state index in [1.54, 1.807) is 0 Å². The van der Waals surface area contributed by atoms with Crippen molar-refractivity contribution in [3.8, 4) is 0 Å². The summed E-state index contributed by atoms with van der Waals surface area (Å²) < 4.78 is 30.6. The maximum absolute atomic E-state index is 10.9. The van der Waals surface area contributed by atoms with Gasteiger partial charge >= 0.3 is 0 Å². The van der Waals surface area contributed by atoms with E-state index >= 15 is 0 Å². The van der Waals surface area contributed by atoms with Gasteiger partial charge in [0.1, 0.15) is 11.0 Å². The van der Waals surface area contributed by atoms with E-state index in [4.69, 9.17) is 27.8 Å². The van der Waals surface area contributed by atoms with Gasteiger partial charge in [0.25, 0.3) is 10.1 Å². The Morgan fingerprint density at radius 1 is 1.11 bits per heavy atom. The topological polar surface area (TPSA) is 92.2 Å². The Balaban J connectivity index is 2.24. The molecule has 0 saturated heterocycles. The van der Waals surface area contributed by atoms with Gasteiger partial charge in [0.05, 0.1) is 4.90 Å². The molecule has 0 unspecified atom stereocenters. The fourth-order valence-corrected chi connectivity index (χ4v) is 2.20. The molecule has 100 valence electrons. The number of benzene rings is 1. The number of hydrogen-bond donors (Lipinski definition) is 2. The van der Waals surface area contributed by atoms with Gasteiger partial charge in [-0.1, -0.05) is 11.6 Å². The van der Waals surface area contributed by atoms with Crippen LogP contribution in [0.4, 0.5) is 11.5 Å². The minimum absolute atomic E-state index is 0.00967. The first-order valence-corrected chi connectivity index (χ1v) is 7.09. The predicted octanol–water partition coefficient (Wildman–Crippen LogP) is 2.77. The first kappa shape index (κ1) is 14.0. The van der Waals surface area contributed by atoms with Gasteiger partial charge in [-0.15, -0.1) is 0 Å². The van der Waals surface area contributed by atoms with Gasteiger partial charge < -0.3 is 5.32 Å². The summed E-state index contributed by atoms with van der Waals surface area (Å²) in [5.74, 6) is 0.365. The van der Waals surface area contributed by atoms with Gasteiger partial charge in [-0.2, -0.15) is 8.42 Å². The molecule has 9 heteroatoms. The molecule has 0 atom stereocenters. The molecule has 1 heterocycles. The summed E-state index contributed by atoms with van der Waals surface area (Å²) in [7, 11) is -4.20. The SMILES string of the molecule is O=S(=O)(O)c1ccc(Nc2cc(Cl)nc(Cl)n2)cc1. The molecule has 6 nitrogen and oxygen atoms in total. The van der Waals surface area contributed by atoms with Crippen molar-refractivity contribution in [2.75, 3.05) is 5.32 Å². The number of rotatable bonds is 3. The highest BCUT2D eigenvalue weighted by molar-refractivity contribution is 7.85. The summed E-state index contributed by atoms with van der Waals surface area (Å²) in [6, 6.07) is 6.90. The van der Waals surface area contributed by atoms with E-state index in [0.717, 1.165) is 0 Å². The van der Waals surface area contributed by atoms with E-state index < -0.39 is 10.1 Å². The Morgan fingerprint density at radius 2 is 1.74 bits per heavy atom. The third kappa shape index (κ3) is 3.77. The largest absolute Gasteiger partial charge is 0.340 e. The smallest absolute Gasteiger partial charge is 0.294 e. The summed E-state index contributed by atoms with van der Waals surface area (Å²) in [4.78, 5) is 7.38. The van der Waals surface area contributed by atoms with E-state index in [1.165, 1.54) is 30.3 Å². The Hall–Kier alpha value is -1.41. The normalized spacial score (nSPS) is 11.3. The second kappa shape index (κ2) is 5.30. The molecule has 2 N–H and O–H groups in total. The van der Waals surface area contributed by atoms with E-state index in [1.807, 2.05) is 0 Å². The zero-order valence-electron chi connectivity index (χ0n) is 9.21. The lowest BCUT2D eigenvalue weighted by atomic mass is 10.3. The van der Waals surface area contributed by atoms with E-state index in [-0.39, 0.29) is 15.3 Å². The Bertz CT molecular complexity index is 684. The molecule has 0 radical (unpaired) electrons. The summed E-state index contributed by atoms with van der Waals surface area (Å²) in [6.07, 6.45) is 0. The minimum atomic E-state index is -4.20. The van der Waals surface area contributed by atoms with Crippen LogP contribution in [-0.4, -0.2) is 22.9 Å². The van der Waals surface area contributed by atoms with Crippen molar-refractivity contribution in [3.05, 3.63) is 40.8 Å². The summed E-state index contributed by atoms with van der Waals surface area (Å²) >= 11 is 11.4. The van der Waals surface area contributed by atoms with Crippen molar-refractivity contribution in [1.82, 2.24) is 9.97 Å². The van der Waals surface area contributed by atoms with Crippen LogP contribution in [-0.2, 0) is 10.1 Å². The van der Waals surface area contributed by atoms with Crippen molar-refractivity contribution < 1.29 is 13.0 Å². The molecule has 0 aliphatic carbocycles. The van der Waals surface area contributed by atoms with Crippen LogP contribution >= 0.6 is 23.2 Å². The molecule has 0 aliphatic heterocycles. The Kier molecular flexibility index (Phi) is 3.91. The number of nitrogens with zero attached hydrogens (tertiary/aromatic N) is 2. The maximum atomic E-state index is 10.9. The Labute approximate surface area is 119 Å². The van der Waals surface area contributed by atoms with Gasteiger partial charge in [-0.05, 0) is 35.9 Å². The first-order valence-electron chi connectivity index (χ1n) is 4.89. The van der Waals surface area contributed by atoms with Gasteiger partial charge in [-0.25, -0.2) is 9.97 Å². The van der Waals surface area contributed by atoms with Gasteiger partial charge in [0, 0.05) is 11.8 Å². The predicted molar refractivity (Wildman–Crippen MR) is 71.6 cm³/mol. The molecule has 2 rings (SSSR count). The van der Waals surface area contributed by atoms with Crippen molar-refractivity contribution in [3.63, 3.8) is 0 Å². The molecule has 0 fully saturated rings. The number of halogens is 2. The molecule has 2 aromatic rings. The molecular weight excluding hydrogens is 313 g/mol. The Morgan fingerprint density at radius 3 is 2.26 bits per heavy atom. The summed E-state index contributed by atoms with van der Waals surface area (Å²) in [5, 5.41) is 3.04. The molecule has 0 spiro atoms. The monoisotopic (exact) mass is 319 g/mol. The minimum Gasteiger partial charge on any atom is -0.340 e. The molecule has 1 aromatic heterocycles. The molecule has 0 bridgehead atoms. The third-order valence-corrected chi connectivity index (χ3v) is 3.32. The van der Waals surface area contributed by atoms with Crippen LogP contribution in [0, 0.1) is 0 Å². The highest BCUT2D eigenvalue weighted by Crippen LogP contribution is 2.20. The van der Waals surface area contributed by atoms with Crippen LogP contribution in [0.2, 0.25) is 10.4 Å². The average molecular weight is 320 g/mol. The zero-order valence-corrected chi connectivity index (χ0v) is 11.5. The van der Waals surface area contributed by atoms with Crippen molar-refractivity contribution in [2.45, 2.75) is 4.90 Å². The van der Waals surface area contributed by atoms with E-state index in [2.05, 4.69) is 15.3 Å². The quantitative estimate of drug-likeness (QED) is 0.513. The lowest BCUT2D eigenvalue weighted by Crippen LogP contribution is -1.99.